The smallest absolute Gasteiger partial charge is 0.352 e. The van der Waals surface area contributed by atoms with Crippen LogP contribution in [0.4, 0.5) is 10.8 Å². The number of nitrogens with zero attached hydrogens (tertiary/aromatic N) is 4. The number of hydrogen-bond donors (Lipinski definition) is 4. The Bertz CT molecular complexity index is 1300. The number of pyridine rings is 1. The SMILES string of the molecule is C#CCON=C(C(=O)NC1C(=O)N2C(C(=O)O)=C(C[n+]3cccc(N)c3)CS[C@@H]12)c1csc(N)n1. The molecule has 2 aromatic heterocycles. The van der Waals surface area contributed by atoms with Crippen molar-refractivity contribution >= 4 is 57.4 Å². The number of thiazole rings is 1. The first-order valence-corrected chi connectivity index (χ1v) is 12.0. The predicted octanol–water partition coefficient (Wildman–Crippen LogP) is -0.612. The second-order valence-electron chi connectivity index (χ2n) is 7.42. The van der Waals surface area contributed by atoms with Crippen molar-refractivity contribution < 1.29 is 28.9 Å². The zero-order valence-corrected chi connectivity index (χ0v) is 19.7. The molecule has 1 saturated heterocycles. The summed E-state index contributed by atoms with van der Waals surface area (Å²) >= 11 is 2.45. The van der Waals surface area contributed by atoms with E-state index in [1.807, 2.05) is 0 Å². The number of carboxylic acids is 1. The molecule has 1 unspecified atom stereocenters. The molecular formula is C21H20N7O5S2+. The van der Waals surface area contributed by atoms with E-state index in [4.69, 9.17) is 22.7 Å². The van der Waals surface area contributed by atoms with Gasteiger partial charge < -0.3 is 26.7 Å². The van der Waals surface area contributed by atoms with E-state index in [1.165, 1.54) is 22.0 Å². The molecule has 0 radical (unpaired) electrons. The fourth-order valence-corrected chi connectivity index (χ4v) is 5.49. The van der Waals surface area contributed by atoms with E-state index in [-0.39, 0.29) is 35.4 Å². The Kier molecular flexibility index (Phi) is 6.90. The average molecular weight is 515 g/mol. The minimum absolute atomic E-state index is 0.0994. The number of β-lactam (4-membered cyclic amide) rings is 1. The van der Waals surface area contributed by atoms with Gasteiger partial charge in [-0.25, -0.2) is 9.78 Å². The van der Waals surface area contributed by atoms with E-state index in [2.05, 4.69) is 21.4 Å². The number of hydrogen-bond acceptors (Lipinski definition) is 10. The van der Waals surface area contributed by atoms with Crippen molar-refractivity contribution in [3.8, 4) is 12.3 Å². The van der Waals surface area contributed by atoms with Gasteiger partial charge in [0.25, 0.3) is 11.8 Å². The fraction of sp³-hybridized carbons (Fsp3) is 0.238. The third-order valence-corrected chi connectivity index (χ3v) is 7.09. The van der Waals surface area contributed by atoms with E-state index in [0.717, 1.165) is 11.3 Å². The molecule has 2 aromatic rings. The van der Waals surface area contributed by atoms with Gasteiger partial charge in [0.2, 0.25) is 0 Å². The normalized spacial score (nSPS) is 19.5. The molecule has 4 rings (SSSR count). The van der Waals surface area contributed by atoms with Crippen molar-refractivity contribution in [2.45, 2.75) is 18.0 Å². The summed E-state index contributed by atoms with van der Waals surface area (Å²) in [5.74, 6) is 0.0692. The summed E-state index contributed by atoms with van der Waals surface area (Å²) in [6.45, 7) is 0.0768. The minimum Gasteiger partial charge on any atom is -0.477 e. The van der Waals surface area contributed by atoms with Gasteiger partial charge in [0.1, 0.15) is 22.8 Å². The Balaban J connectivity index is 1.53. The molecule has 1 fully saturated rings. The number of fused-ring (bicyclic) bond motifs is 1. The number of nitrogen functional groups attached to an aromatic ring is 2. The van der Waals surface area contributed by atoms with Crippen LogP contribution in [0, 0.1) is 12.3 Å². The van der Waals surface area contributed by atoms with E-state index in [9.17, 15) is 19.5 Å². The largest absolute Gasteiger partial charge is 0.477 e. The number of aromatic nitrogens is 2. The number of oxime groups is 1. The van der Waals surface area contributed by atoms with Gasteiger partial charge in [0, 0.05) is 22.8 Å². The van der Waals surface area contributed by atoms with Gasteiger partial charge >= 0.3 is 5.97 Å². The molecule has 14 heteroatoms. The van der Waals surface area contributed by atoms with Crippen molar-refractivity contribution in [2.75, 3.05) is 23.8 Å². The number of aliphatic carboxylic acids is 1. The van der Waals surface area contributed by atoms with Crippen LogP contribution in [0.25, 0.3) is 0 Å². The number of terminal acetylenes is 1. The van der Waals surface area contributed by atoms with Crippen LogP contribution in [0.2, 0.25) is 0 Å². The molecule has 0 aromatic carbocycles. The maximum Gasteiger partial charge on any atom is 0.352 e. The minimum atomic E-state index is -1.23. The quantitative estimate of drug-likeness (QED) is 0.0893. The monoisotopic (exact) mass is 514 g/mol. The van der Waals surface area contributed by atoms with Crippen LogP contribution < -0.4 is 21.4 Å². The molecule has 2 aliphatic heterocycles. The highest BCUT2D eigenvalue weighted by atomic mass is 32.2. The molecule has 2 atom stereocenters. The van der Waals surface area contributed by atoms with Gasteiger partial charge in [0.15, 0.2) is 36.4 Å². The van der Waals surface area contributed by atoms with Crippen molar-refractivity contribution in [3.05, 3.63) is 46.9 Å². The standard InChI is InChI=1S/C21H19N7O5S2/c1-2-6-33-26-14(13-10-35-21(23)24-13)17(29)25-15-18(30)28-16(20(31)32)11(9-34-19(15)28)7-27-5-3-4-12(22)8-27/h1,3-5,8,10,15,19H,6-7,9,22H2,(H3-,23,24,25,29,31,32)/p+1/t15?,19-/m0/s1. The van der Waals surface area contributed by atoms with Crippen LogP contribution in [0.15, 0.2) is 46.3 Å². The van der Waals surface area contributed by atoms with E-state index < -0.39 is 29.2 Å². The Morgan fingerprint density at radius 2 is 2.26 bits per heavy atom. The van der Waals surface area contributed by atoms with E-state index >= 15 is 0 Å². The van der Waals surface area contributed by atoms with Crippen LogP contribution in [-0.2, 0) is 25.8 Å². The average Bonchev–Trinajstić information content (AvgIpc) is 3.25. The van der Waals surface area contributed by atoms with Gasteiger partial charge in [0.05, 0.1) is 5.69 Å². The Labute approximate surface area is 207 Å². The summed E-state index contributed by atoms with van der Waals surface area (Å²) in [6.07, 6.45) is 8.59. The highest BCUT2D eigenvalue weighted by Crippen LogP contribution is 2.40. The van der Waals surface area contributed by atoms with Crippen LogP contribution in [-0.4, -0.2) is 62.3 Å². The number of carboxylic acid groups (broad SMARTS) is 1. The maximum atomic E-state index is 13.0. The molecule has 2 amide bonds. The Morgan fingerprint density at radius 3 is 2.91 bits per heavy atom. The van der Waals surface area contributed by atoms with Crippen molar-refractivity contribution in [2.24, 2.45) is 5.16 Å². The number of carbonyl (C=O) groups excluding carboxylic acids is 2. The number of anilines is 2. The van der Waals surface area contributed by atoms with Gasteiger partial charge in [-0.2, -0.15) is 4.57 Å². The summed E-state index contributed by atoms with van der Waals surface area (Å²) in [5, 5.41) is 17.3. The van der Waals surface area contributed by atoms with Crippen LogP contribution in [0.3, 0.4) is 0 Å². The molecule has 180 valence electrons. The van der Waals surface area contributed by atoms with Crippen molar-refractivity contribution in [3.63, 3.8) is 0 Å². The zero-order chi connectivity index (χ0) is 25.1. The van der Waals surface area contributed by atoms with Crippen molar-refractivity contribution in [1.29, 1.82) is 0 Å². The van der Waals surface area contributed by atoms with Gasteiger partial charge in [-0.3, -0.25) is 14.5 Å². The molecule has 6 N–H and O–H groups in total. The highest BCUT2D eigenvalue weighted by Gasteiger charge is 2.54. The number of nitrogens with one attached hydrogen (secondary N) is 1. The Hall–Kier alpha value is -4.09. The molecule has 2 aliphatic rings. The lowest BCUT2D eigenvalue weighted by molar-refractivity contribution is -0.688. The lowest BCUT2D eigenvalue weighted by Gasteiger charge is -2.49. The third-order valence-electron chi connectivity index (χ3n) is 5.07. The fourth-order valence-electron chi connectivity index (χ4n) is 3.61. The number of rotatable bonds is 8. The first-order chi connectivity index (χ1) is 16.8. The number of nitrogens with two attached hydrogens (primary N) is 2. The molecule has 0 aliphatic carbocycles. The molecule has 0 spiro atoms. The summed E-state index contributed by atoms with van der Waals surface area (Å²) < 4.78 is 1.75. The number of carbonyl (C=O) groups is 3. The number of thioether (sulfide) groups is 1. The maximum absolute atomic E-state index is 13.0. The van der Waals surface area contributed by atoms with Gasteiger partial charge in [-0.05, 0) is 6.07 Å². The molecular weight excluding hydrogens is 494 g/mol. The molecule has 12 nitrogen and oxygen atoms in total. The van der Waals surface area contributed by atoms with Crippen molar-refractivity contribution in [1.82, 2.24) is 15.2 Å². The lowest BCUT2D eigenvalue weighted by atomic mass is 10.0. The van der Waals surface area contributed by atoms with Crippen LogP contribution in [0.5, 0.6) is 0 Å². The van der Waals surface area contributed by atoms with Crippen LogP contribution in [0.1, 0.15) is 5.69 Å². The van der Waals surface area contributed by atoms with E-state index in [0.29, 0.717) is 17.0 Å². The van der Waals surface area contributed by atoms with Crippen LogP contribution >= 0.6 is 23.1 Å². The molecule has 4 heterocycles. The first kappa shape index (κ1) is 24.0. The van der Waals surface area contributed by atoms with Gasteiger partial charge in [-0.15, -0.1) is 29.5 Å². The third kappa shape index (κ3) is 4.91. The molecule has 0 saturated carbocycles. The summed E-state index contributed by atoms with van der Waals surface area (Å²) in [7, 11) is 0. The molecule has 35 heavy (non-hydrogen) atoms. The second kappa shape index (κ2) is 10.0. The molecule has 0 bridgehead atoms. The Morgan fingerprint density at radius 1 is 1.46 bits per heavy atom. The second-order valence-corrected chi connectivity index (χ2v) is 9.41. The van der Waals surface area contributed by atoms with Gasteiger partial charge in [-0.1, -0.05) is 11.1 Å². The highest BCUT2D eigenvalue weighted by molar-refractivity contribution is 8.00. The summed E-state index contributed by atoms with van der Waals surface area (Å²) in [5.41, 5.74) is 12.4. The summed E-state index contributed by atoms with van der Waals surface area (Å²) in [4.78, 5) is 48.2. The lowest BCUT2D eigenvalue weighted by Crippen LogP contribution is -2.71. The first-order valence-electron chi connectivity index (χ1n) is 10.1. The number of amides is 2. The predicted molar refractivity (Wildman–Crippen MR) is 129 cm³/mol. The zero-order valence-electron chi connectivity index (χ0n) is 18.1. The van der Waals surface area contributed by atoms with E-state index in [1.54, 1.807) is 29.1 Å². The topological polar surface area (TPSA) is 177 Å². The summed E-state index contributed by atoms with van der Waals surface area (Å²) in [6, 6.07) is 2.51.